The highest BCUT2D eigenvalue weighted by atomic mass is 16.3. The molecule has 0 spiro atoms. The van der Waals surface area contributed by atoms with Crippen molar-refractivity contribution >= 4 is 0 Å². The van der Waals surface area contributed by atoms with Gasteiger partial charge in [0.1, 0.15) is 0 Å². The minimum Gasteiger partial charge on any atom is -0.392 e. The molecule has 1 fully saturated rings. The lowest BCUT2D eigenvalue weighted by Crippen LogP contribution is -2.39. The van der Waals surface area contributed by atoms with Gasteiger partial charge in [-0.1, -0.05) is 6.07 Å². The van der Waals surface area contributed by atoms with Crippen LogP contribution in [0.5, 0.6) is 0 Å². The fourth-order valence-electron chi connectivity index (χ4n) is 2.27. The van der Waals surface area contributed by atoms with Crippen molar-refractivity contribution in [2.24, 2.45) is 0 Å². The summed E-state index contributed by atoms with van der Waals surface area (Å²) in [5, 5.41) is 9.66. The zero-order valence-corrected chi connectivity index (χ0v) is 10.1. The molecule has 1 saturated heterocycles. The molecule has 2 unspecified atom stereocenters. The molecule has 0 aromatic carbocycles. The number of hydrogen-bond acceptors (Lipinski definition) is 3. The molecule has 2 rings (SSSR count). The lowest BCUT2D eigenvalue weighted by atomic mass is 10.0. The van der Waals surface area contributed by atoms with Crippen LogP contribution in [0.25, 0.3) is 0 Å². The first-order valence-electron chi connectivity index (χ1n) is 6.01. The molecule has 1 N–H and O–H groups in total. The number of aliphatic hydroxyl groups is 1. The molecule has 0 aliphatic carbocycles. The van der Waals surface area contributed by atoms with Gasteiger partial charge in [0.2, 0.25) is 0 Å². The van der Waals surface area contributed by atoms with Crippen LogP contribution in [0.3, 0.4) is 0 Å². The molecular formula is C13H20N2O. The number of β-amino-alcohol motifs (C(OH)–C–C–N with tert-alkyl or cyclic N) is 1. The van der Waals surface area contributed by atoms with E-state index in [0.717, 1.165) is 31.6 Å². The fraction of sp³-hybridized carbons (Fsp3) is 0.615. The number of piperidine rings is 1. The Morgan fingerprint density at radius 1 is 1.50 bits per heavy atom. The van der Waals surface area contributed by atoms with Crippen LogP contribution in [0.2, 0.25) is 0 Å². The molecule has 3 nitrogen and oxygen atoms in total. The predicted molar refractivity (Wildman–Crippen MR) is 64.2 cm³/mol. The molecule has 1 aromatic heterocycles. The zero-order valence-electron chi connectivity index (χ0n) is 10.1. The molecule has 0 bridgehead atoms. The van der Waals surface area contributed by atoms with Crippen molar-refractivity contribution in [2.45, 2.75) is 38.8 Å². The SMILES string of the molecule is Cc1ccc(C(C)N2CCCC(O)C2)cn1. The van der Waals surface area contributed by atoms with Crippen molar-refractivity contribution in [3.05, 3.63) is 29.6 Å². The summed E-state index contributed by atoms with van der Waals surface area (Å²) in [5.74, 6) is 0. The molecular weight excluding hydrogens is 200 g/mol. The quantitative estimate of drug-likeness (QED) is 0.827. The van der Waals surface area contributed by atoms with E-state index < -0.39 is 0 Å². The summed E-state index contributed by atoms with van der Waals surface area (Å²) in [6.45, 7) is 6.05. The van der Waals surface area contributed by atoms with Crippen LogP contribution in [0.15, 0.2) is 18.3 Å². The average molecular weight is 220 g/mol. The smallest absolute Gasteiger partial charge is 0.0667 e. The maximum Gasteiger partial charge on any atom is 0.0667 e. The van der Waals surface area contributed by atoms with Crippen LogP contribution < -0.4 is 0 Å². The van der Waals surface area contributed by atoms with E-state index in [1.54, 1.807) is 0 Å². The number of rotatable bonds is 2. The number of aliphatic hydroxyl groups excluding tert-OH is 1. The van der Waals surface area contributed by atoms with E-state index in [1.165, 1.54) is 5.56 Å². The third-order valence-corrected chi connectivity index (χ3v) is 3.39. The van der Waals surface area contributed by atoms with Crippen molar-refractivity contribution in [3.63, 3.8) is 0 Å². The summed E-state index contributed by atoms with van der Waals surface area (Å²) in [4.78, 5) is 6.66. The first-order chi connectivity index (χ1) is 7.66. The normalized spacial score (nSPS) is 24.3. The molecule has 0 radical (unpaired) electrons. The maximum absolute atomic E-state index is 9.66. The van der Waals surface area contributed by atoms with Crippen molar-refractivity contribution in [1.82, 2.24) is 9.88 Å². The Morgan fingerprint density at radius 3 is 2.94 bits per heavy atom. The number of aryl methyl sites for hydroxylation is 1. The van der Waals surface area contributed by atoms with Gasteiger partial charge in [-0.3, -0.25) is 9.88 Å². The largest absolute Gasteiger partial charge is 0.392 e. The van der Waals surface area contributed by atoms with Gasteiger partial charge in [-0.05, 0) is 44.9 Å². The van der Waals surface area contributed by atoms with E-state index in [0.29, 0.717) is 6.04 Å². The second-order valence-electron chi connectivity index (χ2n) is 4.70. The minimum absolute atomic E-state index is 0.158. The van der Waals surface area contributed by atoms with Crippen LogP contribution in [0, 0.1) is 6.92 Å². The standard InChI is InChI=1S/C13H20N2O/c1-10-5-6-12(8-14-10)11(2)15-7-3-4-13(16)9-15/h5-6,8,11,13,16H,3-4,7,9H2,1-2H3. The summed E-state index contributed by atoms with van der Waals surface area (Å²) in [6, 6.07) is 4.53. The topological polar surface area (TPSA) is 36.4 Å². The van der Waals surface area contributed by atoms with Gasteiger partial charge in [0.25, 0.3) is 0 Å². The van der Waals surface area contributed by atoms with E-state index in [9.17, 15) is 5.11 Å². The Bertz CT molecular complexity index is 336. The number of aromatic nitrogens is 1. The Labute approximate surface area is 97.1 Å². The molecule has 1 aliphatic heterocycles. The molecule has 0 saturated carbocycles. The minimum atomic E-state index is -0.158. The van der Waals surface area contributed by atoms with Gasteiger partial charge in [0, 0.05) is 24.5 Å². The monoisotopic (exact) mass is 220 g/mol. The third-order valence-electron chi connectivity index (χ3n) is 3.39. The van der Waals surface area contributed by atoms with Crippen LogP contribution in [-0.2, 0) is 0 Å². The summed E-state index contributed by atoms with van der Waals surface area (Å²) < 4.78 is 0. The van der Waals surface area contributed by atoms with Crippen molar-refractivity contribution in [2.75, 3.05) is 13.1 Å². The summed E-state index contributed by atoms with van der Waals surface area (Å²) in [5.41, 5.74) is 2.29. The molecule has 16 heavy (non-hydrogen) atoms. The van der Waals surface area contributed by atoms with Gasteiger partial charge in [-0.25, -0.2) is 0 Å². The van der Waals surface area contributed by atoms with E-state index in [4.69, 9.17) is 0 Å². The lowest BCUT2D eigenvalue weighted by Gasteiger charge is -2.34. The van der Waals surface area contributed by atoms with Crippen LogP contribution in [0.4, 0.5) is 0 Å². The summed E-state index contributed by atoms with van der Waals surface area (Å²) >= 11 is 0. The van der Waals surface area contributed by atoms with Crippen LogP contribution in [0.1, 0.15) is 37.1 Å². The Hall–Kier alpha value is -0.930. The van der Waals surface area contributed by atoms with Crippen LogP contribution in [-0.4, -0.2) is 34.2 Å². The van der Waals surface area contributed by atoms with E-state index in [2.05, 4.69) is 22.9 Å². The number of likely N-dealkylation sites (tertiary alicyclic amines) is 1. The van der Waals surface area contributed by atoms with E-state index in [1.807, 2.05) is 19.2 Å². The van der Waals surface area contributed by atoms with Crippen molar-refractivity contribution < 1.29 is 5.11 Å². The van der Waals surface area contributed by atoms with Gasteiger partial charge >= 0.3 is 0 Å². The molecule has 0 amide bonds. The average Bonchev–Trinajstić information content (AvgIpc) is 2.29. The maximum atomic E-state index is 9.66. The first kappa shape index (κ1) is 11.6. The zero-order chi connectivity index (χ0) is 11.5. The highest BCUT2D eigenvalue weighted by Gasteiger charge is 2.22. The Balaban J connectivity index is 2.06. The summed E-state index contributed by atoms with van der Waals surface area (Å²) in [6.07, 6.45) is 3.82. The number of hydrogen-bond donors (Lipinski definition) is 1. The van der Waals surface area contributed by atoms with E-state index in [-0.39, 0.29) is 6.10 Å². The predicted octanol–water partition coefficient (Wildman–Crippen LogP) is 1.91. The number of nitrogens with zero attached hydrogens (tertiary/aromatic N) is 2. The second kappa shape index (κ2) is 4.93. The van der Waals surface area contributed by atoms with Crippen molar-refractivity contribution in [3.8, 4) is 0 Å². The lowest BCUT2D eigenvalue weighted by molar-refractivity contribution is 0.0503. The van der Waals surface area contributed by atoms with E-state index >= 15 is 0 Å². The Kier molecular flexibility index (Phi) is 3.56. The molecule has 2 heterocycles. The Morgan fingerprint density at radius 2 is 2.31 bits per heavy atom. The fourth-order valence-corrected chi connectivity index (χ4v) is 2.27. The van der Waals surface area contributed by atoms with Gasteiger partial charge in [-0.2, -0.15) is 0 Å². The van der Waals surface area contributed by atoms with Gasteiger partial charge in [0.15, 0.2) is 0 Å². The molecule has 1 aliphatic rings. The molecule has 88 valence electrons. The van der Waals surface area contributed by atoms with Crippen LogP contribution >= 0.6 is 0 Å². The molecule has 3 heteroatoms. The number of pyridine rings is 1. The second-order valence-corrected chi connectivity index (χ2v) is 4.70. The third kappa shape index (κ3) is 2.60. The summed E-state index contributed by atoms with van der Waals surface area (Å²) in [7, 11) is 0. The highest BCUT2D eigenvalue weighted by Crippen LogP contribution is 2.23. The van der Waals surface area contributed by atoms with Crippen molar-refractivity contribution in [1.29, 1.82) is 0 Å². The molecule has 2 atom stereocenters. The van der Waals surface area contributed by atoms with Gasteiger partial charge in [-0.15, -0.1) is 0 Å². The molecule has 1 aromatic rings. The highest BCUT2D eigenvalue weighted by molar-refractivity contribution is 5.16. The first-order valence-corrected chi connectivity index (χ1v) is 6.01. The van der Waals surface area contributed by atoms with Gasteiger partial charge < -0.3 is 5.11 Å². The van der Waals surface area contributed by atoms with Gasteiger partial charge in [0.05, 0.1) is 6.10 Å².